The second kappa shape index (κ2) is 8.27. The molecule has 0 spiro atoms. The number of carbonyl (C=O) groups excluding carboxylic acids is 2. The van der Waals surface area contributed by atoms with Gasteiger partial charge in [-0.1, -0.05) is 6.07 Å². The third-order valence-electron chi connectivity index (χ3n) is 6.26. The average Bonchev–Trinajstić information content (AvgIpc) is 3.36. The van der Waals surface area contributed by atoms with Gasteiger partial charge in [-0.3, -0.25) is 14.2 Å². The van der Waals surface area contributed by atoms with Crippen molar-refractivity contribution in [2.45, 2.75) is 39.7 Å². The van der Waals surface area contributed by atoms with Gasteiger partial charge in [0.05, 0.1) is 5.52 Å². The van der Waals surface area contributed by atoms with Crippen LogP contribution in [-0.2, 0) is 11.3 Å². The maximum absolute atomic E-state index is 12.9. The van der Waals surface area contributed by atoms with Crippen LogP contribution in [0.1, 0.15) is 40.9 Å². The van der Waals surface area contributed by atoms with E-state index < -0.39 is 5.76 Å². The number of aryl methyl sites for hydroxylation is 2. The molecule has 2 amide bonds. The molecule has 2 aromatic heterocycles. The van der Waals surface area contributed by atoms with Gasteiger partial charge in [-0.15, -0.1) is 0 Å². The van der Waals surface area contributed by atoms with Crippen molar-refractivity contribution < 1.29 is 14.0 Å². The highest BCUT2D eigenvalue weighted by molar-refractivity contribution is 6.06. The Labute approximate surface area is 190 Å². The van der Waals surface area contributed by atoms with Crippen molar-refractivity contribution >= 4 is 39.5 Å². The third kappa shape index (κ3) is 4.04. The molecule has 0 saturated carbocycles. The average molecular weight is 447 g/mol. The Morgan fingerprint density at radius 2 is 1.85 bits per heavy atom. The molecular formula is C25H26N4O4. The van der Waals surface area contributed by atoms with E-state index in [4.69, 9.17) is 4.42 Å². The predicted octanol–water partition coefficient (Wildman–Crippen LogP) is 3.96. The van der Waals surface area contributed by atoms with Crippen LogP contribution in [0, 0.1) is 13.8 Å². The fourth-order valence-corrected chi connectivity index (χ4v) is 4.59. The fourth-order valence-electron chi connectivity index (χ4n) is 4.59. The number of H-pyrrole nitrogens is 1. The number of benzene rings is 2. The van der Waals surface area contributed by atoms with Crippen LogP contribution in [-0.4, -0.2) is 39.4 Å². The molecule has 0 radical (unpaired) electrons. The van der Waals surface area contributed by atoms with Gasteiger partial charge in [-0.2, -0.15) is 0 Å². The number of nitrogens with one attached hydrogen (secondary N) is 2. The zero-order valence-electron chi connectivity index (χ0n) is 18.7. The van der Waals surface area contributed by atoms with Crippen LogP contribution in [0.15, 0.2) is 45.6 Å². The first-order valence-corrected chi connectivity index (χ1v) is 11.2. The van der Waals surface area contributed by atoms with Gasteiger partial charge in [-0.25, -0.2) is 4.79 Å². The first-order valence-electron chi connectivity index (χ1n) is 11.2. The molecule has 33 heavy (non-hydrogen) atoms. The van der Waals surface area contributed by atoms with E-state index in [1.54, 1.807) is 23.1 Å². The molecule has 3 heterocycles. The Morgan fingerprint density at radius 1 is 1.06 bits per heavy atom. The molecule has 2 N–H and O–H groups in total. The Hall–Kier alpha value is -3.81. The molecule has 1 aliphatic heterocycles. The van der Waals surface area contributed by atoms with Gasteiger partial charge in [0.15, 0.2) is 5.58 Å². The van der Waals surface area contributed by atoms with E-state index in [1.165, 1.54) is 4.57 Å². The van der Waals surface area contributed by atoms with E-state index in [0.29, 0.717) is 35.6 Å². The highest BCUT2D eigenvalue weighted by atomic mass is 16.4. The van der Waals surface area contributed by atoms with Crippen molar-refractivity contribution in [3.05, 3.63) is 63.8 Å². The van der Waals surface area contributed by atoms with Crippen LogP contribution in [0.4, 0.5) is 5.69 Å². The van der Waals surface area contributed by atoms with Crippen molar-refractivity contribution in [1.29, 1.82) is 0 Å². The summed E-state index contributed by atoms with van der Waals surface area (Å²) in [5.74, 6) is -0.970. The first kappa shape index (κ1) is 21.1. The number of piperidine rings is 1. The minimum Gasteiger partial charge on any atom is -0.408 e. The Kier molecular flexibility index (Phi) is 5.28. The van der Waals surface area contributed by atoms with Crippen LogP contribution in [0.3, 0.4) is 0 Å². The monoisotopic (exact) mass is 446 g/mol. The molecule has 4 aromatic rings. The number of anilines is 1. The molecular weight excluding hydrogens is 420 g/mol. The number of hydrogen-bond donors (Lipinski definition) is 2. The van der Waals surface area contributed by atoms with E-state index in [2.05, 4.69) is 16.4 Å². The van der Waals surface area contributed by atoms with Crippen LogP contribution in [0.2, 0.25) is 0 Å². The quantitative estimate of drug-likeness (QED) is 0.496. The number of likely N-dealkylation sites (tertiary alicyclic amines) is 1. The molecule has 0 bridgehead atoms. The highest BCUT2D eigenvalue weighted by Crippen LogP contribution is 2.23. The molecule has 8 nitrogen and oxygen atoms in total. The maximum Gasteiger partial charge on any atom is 0.420 e. The maximum atomic E-state index is 12.9. The minimum atomic E-state index is -0.583. The molecule has 1 saturated heterocycles. The van der Waals surface area contributed by atoms with Crippen LogP contribution < -0.4 is 11.1 Å². The summed E-state index contributed by atoms with van der Waals surface area (Å²) >= 11 is 0. The summed E-state index contributed by atoms with van der Waals surface area (Å²) in [5, 5.41) is 3.88. The van der Waals surface area contributed by atoms with Gasteiger partial charge in [0.1, 0.15) is 12.2 Å². The summed E-state index contributed by atoms with van der Waals surface area (Å²) in [6.07, 6.45) is 3.09. The summed E-state index contributed by atoms with van der Waals surface area (Å²) in [6.45, 7) is 5.39. The van der Waals surface area contributed by atoms with Crippen molar-refractivity contribution in [2.24, 2.45) is 0 Å². The molecule has 5 rings (SSSR count). The van der Waals surface area contributed by atoms with E-state index in [9.17, 15) is 14.4 Å². The number of rotatable bonds is 4. The van der Waals surface area contributed by atoms with Gasteiger partial charge >= 0.3 is 5.76 Å². The van der Waals surface area contributed by atoms with Gasteiger partial charge in [-0.05, 0) is 74.6 Å². The van der Waals surface area contributed by atoms with Crippen molar-refractivity contribution in [3.8, 4) is 0 Å². The molecule has 1 aliphatic rings. The number of aromatic nitrogens is 2. The molecule has 170 valence electrons. The number of aromatic amines is 1. The van der Waals surface area contributed by atoms with Gasteiger partial charge in [0.25, 0.3) is 5.91 Å². The normalized spacial score (nSPS) is 14.2. The van der Waals surface area contributed by atoms with Gasteiger partial charge < -0.3 is 19.6 Å². The Morgan fingerprint density at radius 3 is 2.64 bits per heavy atom. The summed E-state index contributed by atoms with van der Waals surface area (Å²) in [6, 6.07) is 10.9. The van der Waals surface area contributed by atoms with Crippen molar-refractivity contribution in [2.75, 3.05) is 18.4 Å². The van der Waals surface area contributed by atoms with E-state index >= 15 is 0 Å². The fraction of sp³-hybridized carbons (Fsp3) is 0.320. The summed E-state index contributed by atoms with van der Waals surface area (Å²) in [5.41, 5.74) is 4.95. The van der Waals surface area contributed by atoms with Gasteiger partial charge in [0, 0.05) is 29.7 Å². The first-order chi connectivity index (χ1) is 15.9. The summed E-state index contributed by atoms with van der Waals surface area (Å²) < 4.78 is 6.64. The third-order valence-corrected chi connectivity index (χ3v) is 6.26. The molecule has 1 fully saturated rings. The lowest BCUT2D eigenvalue weighted by Gasteiger charge is -2.26. The lowest BCUT2D eigenvalue weighted by molar-refractivity contribution is -0.132. The smallest absolute Gasteiger partial charge is 0.408 e. The van der Waals surface area contributed by atoms with Crippen molar-refractivity contribution in [3.63, 3.8) is 0 Å². The summed E-state index contributed by atoms with van der Waals surface area (Å²) in [4.78, 5) is 43.0. The van der Waals surface area contributed by atoms with E-state index in [0.717, 1.165) is 41.3 Å². The van der Waals surface area contributed by atoms with Crippen LogP contribution >= 0.6 is 0 Å². The molecule has 8 heteroatoms. The molecule has 0 aliphatic carbocycles. The molecule has 2 aromatic carbocycles. The largest absolute Gasteiger partial charge is 0.420 e. The number of nitrogens with zero attached hydrogens (tertiary/aromatic N) is 2. The Balaban J connectivity index is 1.40. The number of hydrogen-bond acceptors (Lipinski definition) is 4. The van der Waals surface area contributed by atoms with E-state index in [1.807, 2.05) is 26.0 Å². The Bertz CT molecular complexity index is 1440. The van der Waals surface area contributed by atoms with Crippen LogP contribution in [0.5, 0.6) is 0 Å². The van der Waals surface area contributed by atoms with Crippen LogP contribution in [0.25, 0.3) is 22.0 Å². The zero-order chi connectivity index (χ0) is 23.1. The second-order valence-electron chi connectivity index (χ2n) is 8.76. The highest BCUT2D eigenvalue weighted by Gasteiger charge is 2.20. The second-order valence-corrected chi connectivity index (χ2v) is 8.76. The zero-order valence-corrected chi connectivity index (χ0v) is 18.7. The standard InChI is InChI=1S/C25H26N4O4/c1-15-10-16(2)18-13-20(27-19(18)11-15)24(31)26-17-6-7-22-21(12-17)29(25(32)33-22)14-23(30)28-8-4-3-5-9-28/h6-7,10-13,27H,3-5,8-9,14H2,1-2H3,(H,26,31). The topological polar surface area (TPSA) is 100 Å². The minimum absolute atomic E-state index is 0.0795. The predicted molar refractivity (Wildman–Crippen MR) is 127 cm³/mol. The van der Waals surface area contributed by atoms with E-state index in [-0.39, 0.29) is 18.4 Å². The number of oxazole rings is 1. The lowest BCUT2D eigenvalue weighted by Crippen LogP contribution is -2.39. The SMILES string of the molecule is Cc1cc(C)c2cc(C(=O)Nc3ccc4oc(=O)n(CC(=O)N5CCCCC5)c4c3)[nH]c2c1. The van der Waals surface area contributed by atoms with Crippen molar-refractivity contribution in [1.82, 2.24) is 14.5 Å². The van der Waals surface area contributed by atoms with Gasteiger partial charge in [0.2, 0.25) is 5.91 Å². The number of fused-ring (bicyclic) bond motifs is 2. The molecule has 0 unspecified atom stereocenters. The number of amides is 2. The summed E-state index contributed by atoms with van der Waals surface area (Å²) in [7, 11) is 0. The molecule has 0 atom stereocenters. The lowest BCUT2D eigenvalue weighted by atomic mass is 10.1. The number of carbonyl (C=O) groups is 2.